The molecule has 3 aliphatic rings. The molecule has 0 radical (unpaired) electrons. The summed E-state index contributed by atoms with van der Waals surface area (Å²) in [6.07, 6.45) is -14.9. The number of nitrogens with one attached hydrogen (secondary N) is 1. The summed E-state index contributed by atoms with van der Waals surface area (Å²) in [4.78, 5) is 53.2. The number of carboxylic acids is 1. The average molecular weight is 703 g/mol. The van der Waals surface area contributed by atoms with Gasteiger partial charge in [0.15, 0.2) is 29.5 Å². The van der Waals surface area contributed by atoms with Crippen LogP contribution in [0.3, 0.4) is 0 Å². The van der Waals surface area contributed by atoms with Crippen LogP contribution in [-0.4, -0.2) is 145 Å². The first-order valence-electron chi connectivity index (χ1n) is 14.6. The van der Waals surface area contributed by atoms with Crippen molar-refractivity contribution in [3.8, 4) is 0 Å². The Bertz CT molecular complexity index is 1430. The molecule has 0 aromatic carbocycles. The van der Waals surface area contributed by atoms with Crippen LogP contribution in [0, 0.1) is 5.41 Å². The first-order valence-corrected chi connectivity index (χ1v) is 15.0. The molecule has 0 bridgehead atoms. The van der Waals surface area contributed by atoms with E-state index in [9.17, 15) is 49.8 Å². The van der Waals surface area contributed by atoms with E-state index in [1.807, 2.05) is 5.16 Å². The molecule has 2 fully saturated rings. The van der Waals surface area contributed by atoms with Crippen LogP contribution < -0.4 is 0 Å². The number of Topliss-reactive ketones (excluding diaryl/α,β-unsaturated/α-hetero) is 1. The topological polar surface area (TPSA) is 281 Å². The quantitative estimate of drug-likeness (QED) is 0.0580. The molecule has 0 spiro atoms. The van der Waals surface area contributed by atoms with Crippen molar-refractivity contribution in [2.75, 3.05) is 13.7 Å². The summed E-state index contributed by atoms with van der Waals surface area (Å²) in [7, 11) is 1.25. The fourth-order valence-corrected chi connectivity index (χ4v) is 6.02. The van der Waals surface area contributed by atoms with Crippen molar-refractivity contribution in [3.05, 3.63) is 23.1 Å². The zero-order valence-electron chi connectivity index (χ0n) is 26.5. The van der Waals surface area contributed by atoms with Crippen molar-refractivity contribution in [1.29, 1.82) is 5.41 Å². The number of hydrogen-bond donors (Lipinski definition) is 7. The van der Waals surface area contributed by atoms with E-state index < -0.39 is 120 Å². The highest BCUT2D eigenvalue weighted by atomic mass is 32.1. The Balaban J connectivity index is 2.17. The molecule has 0 saturated carbocycles. The second kappa shape index (κ2) is 15.4. The molecule has 48 heavy (non-hydrogen) atoms. The normalized spacial score (nSPS) is 36.6. The number of methoxy groups -OCH3 is 1. The zero-order chi connectivity index (χ0) is 36.3. The lowest BCUT2D eigenvalue weighted by molar-refractivity contribution is -0.344. The lowest BCUT2D eigenvalue weighted by atomic mass is 9.74. The highest BCUT2D eigenvalue weighted by Crippen LogP contribution is 2.42. The number of carbonyl (C=O) groups excluding carboxylic acids is 3. The van der Waals surface area contributed by atoms with Crippen molar-refractivity contribution in [1.82, 2.24) is 0 Å². The number of rotatable bonds is 11. The number of carbonyl (C=O) groups is 4. The van der Waals surface area contributed by atoms with Gasteiger partial charge >= 0.3 is 17.9 Å². The zero-order valence-corrected chi connectivity index (χ0v) is 27.3. The Morgan fingerprint density at radius 3 is 2.42 bits per heavy atom. The fourth-order valence-electron chi connectivity index (χ4n) is 5.92. The highest BCUT2D eigenvalue weighted by molar-refractivity contribution is 7.78. The van der Waals surface area contributed by atoms with Gasteiger partial charge < -0.3 is 59.1 Å². The number of ketones is 1. The summed E-state index contributed by atoms with van der Waals surface area (Å²) < 4.78 is 33.8. The Morgan fingerprint density at radius 1 is 1.25 bits per heavy atom. The number of esters is 2. The van der Waals surface area contributed by atoms with E-state index in [4.69, 9.17) is 33.8 Å². The lowest BCUT2D eigenvalue weighted by Crippen LogP contribution is -2.70. The van der Waals surface area contributed by atoms with Gasteiger partial charge in [0.05, 0.1) is 29.9 Å². The number of hydrogen-bond acceptors (Lipinski definition) is 18. The molecule has 0 amide bonds. The predicted octanol–water partition coefficient (Wildman–Crippen LogP) is -1.14. The molecular formula is C29H38N2O16S. The second-order valence-corrected chi connectivity index (χ2v) is 11.6. The molecule has 0 aromatic heterocycles. The number of aliphatic hydroxyl groups is 5. The molecule has 0 aromatic rings. The Labute approximate surface area is 279 Å². The van der Waals surface area contributed by atoms with Crippen LogP contribution in [0.25, 0.3) is 0 Å². The Kier molecular flexibility index (Phi) is 12.5. The smallest absolute Gasteiger partial charge is 0.357 e. The van der Waals surface area contributed by atoms with Crippen molar-refractivity contribution in [2.45, 2.75) is 107 Å². The second-order valence-electron chi connectivity index (χ2n) is 11.4. The van der Waals surface area contributed by atoms with Gasteiger partial charge in [-0.25, -0.2) is 9.59 Å². The minimum atomic E-state index is -3.00. The van der Waals surface area contributed by atoms with Gasteiger partial charge in [0.25, 0.3) is 0 Å². The molecule has 1 aliphatic carbocycles. The molecule has 7 N–H and O–H groups in total. The fraction of sp³-hybridized carbons (Fsp3) is 0.655. The predicted molar refractivity (Wildman–Crippen MR) is 161 cm³/mol. The highest BCUT2D eigenvalue weighted by Gasteiger charge is 2.61. The van der Waals surface area contributed by atoms with E-state index in [2.05, 4.69) is 17.2 Å². The molecule has 18 nitrogen and oxygen atoms in total. The number of thiocarbonyl (C=S) groups is 1. The molecule has 2 heterocycles. The van der Waals surface area contributed by atoms with Crippen LogP contribution in [0.15, 0.2) is 28.1 Å². The number of aliphatic imine (C=N–C) groups is 1. The van der Waals surface area contributed by atoms with E-state index in [1.54, 1.807) is 0 Å². The average Bonchev–Trinajstić information content (AvgIpc) is 3.01. The van der Waals surface area contributed by atoms with E-state index in [-0.39, 0.29) is 12.1 Å². The van der Waals surface area contributed by atoms with Gasteiger partial charge in [0, 0.05) is 20.5 Å². The monoisotopic (exact) mass is 702 g/mol. The minimum absolute atomic E-state index is 0.296. The number of isothiocyanates is 1. The standard InChI is InChI=1S/C29H38N2O16S/c1-6-14(31-10-48)27(39)47-22-16(9-43-13(4)33)45-25(28(40)8-15(34)20(30)19(24(28)36)26(37)38)21(35)23(22)46-18-7-17(42-5)29(41,11(2)32)12(3)44-18/h6,11-12,16-18,21-23,25,30,32,35-36,40-41H,7-9H2,1-5H3,(H,37,38)/b14-6-,30-20?/t11-,12+,16-,17+,18-,21+,22+,23-,25+,28-,29-/m0/s1. The number of ether oxygens (including phenoxy) is 6. The van der Waals surface area contributed by atoms with Gasteiger partial charge in [-0.1, -0.05) is 6.08 Å². The molecule has 0 unspecified atom stereocenters. The van der Waals surface area contributed by atoms with Gasteiger partial charge in [-0.2, -0.15) is 4.99 Å². The molecule has 11 atom stereocenters. The SMILES string of the molecule is C/C=C(\N=C=S)C(=O)O[C@H]1[C@@H](O[C@H]2C[C@@H](OC)[C@](O)([C@H](C)O)[C@@H](C)O2)[C@@H](O)[C@H]([C@]2(O)CC(=O)C(=N)C(C(=O)O)=C2O)O[C@H]1COC(C)=O. The lowest BCUT2D eigenvalue weighted by Gasteiger charge is -2.51. The number of aliphatic carboxylic acids is 1. The first-order chi connectivity index (χ1) is 22.4. The molecule has 2 saturated heterocycles. The summed E-state index contributed by atoms with van der Waals surface area (Å²) in [6, 6.07) is 0. The maximum absolute atomic E-state index is 13.2. The molecule has 19 heteroatoms. The van der Waals surface area contributed by atoms with Crippen LogP contribution in [0.4, 0.5) is 0 Å². The van der Waals surface area contributed by atoms with Crippen LogP contribution in [0.2, 0.25) is 0 Å². The van der Waals surface area contributed by atoms with Gasteiger partial charge in [-0.3, -0.25) is 15.0 Å². The minimum Gasteiger partial charge on any atom is -0.508 e. The van der Waals surface area contributed by atoms with Crippen LogP contribution >= 0.6 is 12.2 Å². The number of aliphatic hydroxyl groups excluding tert-OH is 3. The van der Waals surface area contributed by atoms with E-state index in [1.165, 1.54) is 34.0 Å². The molecular weight excluding hydrogens is 664 g/mol. The summed E-state index contributed by atoms with van der Waals surface area (Å²) in [6.45, 7) is 4.44. The van der Waals surface area contributed by atoms with Crippen molar-refractivity contribution >= 4 is 46.8 Å². The van der Waals surface area contributed by atoms with E-state index in [0.29, 0.717) is 0 Å². The van der Waals surface area contributed by atoms with Gasteiger partial charge in [0.1, 0.15) is 53.7 Å². The molecule has 2 aliphatic heterocycles. The third-order valence-corrected chi connectivity index (χ3v) is 8.57. The number of allylic oxidation sites excluding steroid dienone is 1. The van der Waals surface area contributed by atoms with Gasteiger partial charge in [-0.05, 0) is 33.0 Å². The van der Waals surface area contributed by atoms with E-state index in [0.717, 1.165) is 6.92 Å². The maximum Gasteiger partial charge on any atom is 0.357 e. The first kappa shape index (κ1) is 39.0. The van der Waals surface area contributed by atoms with Crippen LogP contribution in [0.5, 0.6) is 0 Å². The third kappa shape index (κ3) is 7.40. The van der Waals surface area contributed by atoms with Crippen molar-refractivity contribution < 1.29 is 78.2 Å². The number of nitrogens with zero attached hydrogens (tertiary/aromatic N) is 1. The van der Waals surface area contributed by atoms with Crippen molar-refractivity contribution in [2.24, 2.45) is 4.99 Å². The summed E-state index contributed by atoms with van der Waals surface area (Å²) >= 11 is 4.57. The van der Waals surface area contributed by atoms with Crippen LogP contribution in [0.1, 0.15) is 40.5 Å². The largest absolute Gasteiger partial charge is 0.508 e. The molecule has 266 valence electrons. The van der Waals surface area contributed by atoms with Crippen LogP contribution in [-0.2, 0) is 47.6 Å². The maximum atomic E-state index is 13.2. The van der Waals surface area contributed by atoms with Gasteiger partial charge in [-0.15, -0.1) is 0 Å². The third-order valence-electron chi connectivity index (χ3n) is 8.48. The van der Waals surface area contributed by atoms with Crippen molar-refractivity contribution in [3.63, 3.8) is 0 Å². The van der Waals surface area contributed by atoms with Gasteiger partial charge in [0.2, 0.25) is 0 Å². The summed E-state index contributed by atoms with van der Waals surface area (Å²) in [5.74, 6) is -6.55. The Hall–Kier alpha value is -3.49. The number of carboxylic acid groups (broad SMARTS) is 1. The summed E-state index contributed by atoms with van der Waals surface area (Å²) in [5, 5.41) is 75.3. The molecule has 3 rings (SSSR count). The summed E-state index contributed by atoms with van der Waals surface area (Å²) in [5.41, 5.74) is -7.66. The Morgan fingerprint density at radius 2 is 1.90 bits per heavy atom. The van der Waals surface area contributed by atoms with E-state index >= 15 is 0 Å².